The third kappa shape index (κ3) is 4.79. The largest absolute Gasteiger partial charge is 0.493 e. The molecule has 0 saturated carbocycles. The number of amides is 2. The summed E-state index contributed by atoms with van der Waals surface area (Å²) in [7, 11) is -2.34. The zero-order valence-corrected chi connectivity index (χ0v) is 18.9. The van der Waals surface area contributed by atoms with E-state index >= 15 is 0 Å². The second-order valence-electron chi connectivity index (χ2n) is 7.15. The molecule has 32 heavy (non-hydrogen) atoms. The van der Waals surface area contributed by atoms with Crippen molar-refractivity contribution in [2.24, 2.45) is 0 Å². The van der Waals surface area contributed by atoms with E-state index in [4.69, 9.17) is 8.92 Å². The molecule has 1 saturated heterocycles. The van der Waals surface area contributed by atoms with E-state index < -0.39 is 10.1 Å². The van der Waals surface area contributed by atoms with Gasteiger partial charge in [-0.05, 0) is 57.9 Å². The van der Waals surface area contributed by atoms with Crippen LogP contribution in [0.15, 0.2) is 65.6 Å². The van der Waals surface area contributed by atoms with E-state index in [0.29, 0.717) is 5.56 Å². The van der Waals surface area contributed by atoms with Gasteiger partial charge in [-0.25, -0.2) is 0 Å². The van der Waals surface area contributed by atoms with E-state index in [0.717, 1.165) is 34.4 Å². The fourth-order valence-corrected chi connectivity index (χ4v) is 4.62. The topological polar surface area (TPSA) is 90.0 Å². The first kappa shape index (κ1) is 21.9. The van der Waals surface area contributed by atoms with Crippen LogP contribution in [0.3, 0.4) is 0 Å². The summed E-state index contributed by atoms with van der Waals surface area (Å²) in [5.74, 6) is -0.153. The van der Waals surface area contributed by atoms with E-state index in [1.807, 2.05) is 42.5 Å². The first-order valence-corrected chi connectivity index (χ1v) is 12.2. The molecule has 1 heterocycles. The Hall–Kier alpha value is -3.30. The lowest BCUT2D eigenvalue weighted by atomic mass is 10.1. The molecule has 1 aliphatic heterocycles. The molecule has 2 amide bonds. The number of thioether (sulfide) groups is 1. The van der Waals surface area contributed by atoms with Gasteiger partial charge in [-0.2, -0.15) is 8.42 Å². The number of methoxy groups -OCH3 is 1. The minimum atomic E-state index is -3.72. The number of carbonyl (C=O) groups is 2. The van der Waals surface area contributed by atoms with Crippen molar-refractivity contribution in [3.05, 3.63) is 76.7 Å². The van der Waals surface area contributed by atoms with Crippen LogP contribution < -0.4 is 8.92 Å². The average Bonchev–Trinajstić information content (AvgIpc) is 3.01. The van der Waals surface area contributed by atoms with Gasteiger partial charge < -0.3 is 8.92 Å². The number of nitrogens with zero attached hydrogens (tertiary/aromatic N) is 1. The average molecular weight is 470 g/mol. The second-order valence-corrected chi connectivity index (χ2v) is 9.72. The summed E-state index contributed by atoms with van der Waals surface area (Å²) in [5.41, 5.74) is 1.43. The summed E-state index contributed by atoms with van der Waals surface area (Å²) in [6.45, 7) is 0.178. The zero-order chi connectivity index (χ0) is 22.9. The van der Waals surface area contributed by atoms with E-state index in [1.54, 1.807) is 12.1 Å². The van der Waals surface area contributed by atoms with Crippen molar-refractivity contribution in [3.63, 3.8) is 0 Å². The Kier molecular flexibility index (Phi) is 5.94. The molecule has 0 N–H and O–H groups in total. The second kappa shape index (κ2) is 8.68. The van der Waals surface area contributed by atoms with Crippen LogP contribution in [0.1, 0.15) is 11.1 Å². The summed E-state index contributed by atoms with van der Waals surface area (Å²) in [5, 5.41) is 1.77. The van der Waals surface area contributed by atoms with Gasteiger partial charge in [0.25, 0.3) is 11.1 Å². The van der Waals surface area contributed by atoms with Gasteiger partial charge in [0, 0.05) is 0 Å². The van der Waals surface area contributed by atoms with Crippen molar-refractivity contribution in [1.29, 1.82) is 0 Å². The Morgan fingerprint density at radius 3 is 2.44 bits per heavy atom. The highest BCUT2D eigenvalue weighted by molar-refractivity contribution is 8.18. The standard InChI is InChI=1S/C23H19NO6S2/c1-29-20-12-15(8-10-19(20)30-32(2,27)28)13-21-22(25)24(23(26)31-21)14-16-7-9-17-5-3-4-6-18(17)11-16/h3-13H,14H2,1-2H3/b21-13-. The van der Waals surface area contributed by atoms with Gasteiger partial charge in [-0.15, -0.1) is 0 Å². The van der Waals surface area contributed by atoms with E-state index in [2.05, 4.69) is 0 Å². The first-order chi connectivity index (χ1) is 15.2. The highest BCUT2D eigenvalue weighted by atomic mass is 32.2. The number of fused-ring (bicyclic) bond motifs is 1. The highest BCUT2D eigenvalue weighted by Crippen LogP contribution is 2.35. The monoisotopic (exact) mass is 469 g/mol. The lowest BCUT2D eigenvalue weighted by Crippen LogP contribution is -2.27. The summed E-state index contributed by atoms with van der Waals surface area (Å²) >= 11 is 0.858. The van der Waals surface area contributed by atoms with Crippen LogP contribution in [-0.4, -0.2) is 37.8 Å². The molecule has 7 nitrogen and oxygen atoms in total. The Morgan fingerprint density at radius 1 is 0.969 bits per heavy atom. The molecule has 0 spiro atoms. The molecular formula is C23H19NO6S2. The summed E-state index contributed by atoms with van der Waals surface area (Å²) < 4.78 is 32.9. The fraction of sp³-hybridized carbons (Fsp3) is 0.130. The van der Waals surface area contributed by atoms with Crippen LogP contribution in [-0.2, 0) is 21.5 Å². The van der Waals surface area contributed by atoms with Crippen LogP contribution in [0.5, 0.6) is 11.5 Å². The minimum Gasteiger partial charge on any atom is -0.493 e. The molecule has 0 unspecified atom stereocenters. The van der Waals surface area contributed by atoms with Crippen LogP contribution in [0.25, 0.3) is 16.8 Å². The molecule has 3 aromatic carbocycles. The van der Waals surface area contributed by atoms with Crippen molar-refractivity contribution < 1.29 is 26.9 Å². The predicted octanol–water partition coefficient (Wildman–Crippen LogP) is 4.42. The number of carbonyl (C=O) groups excluding carboxylic acids is 2. The number of rotatable bonds is 6. The molecular weight excluding hydrogens is 450 g/mol. The van der Waals surface area contributed by atoms with E-state index in [1.165, 1.54) is 24.1 Å². The number of hydrogen-bond donors (Lipinski definition) is 0. The van der Waals surface area contributed by atoms with Crippen molar-refractivity contribution in [2.75, 3.05) is 13.4 Å². The molecule has 4 rings (SSSR count). The molecule has 0 bridgehead atoms. The fourth-order valence-electron chi connectivity index (χ4n) is 3.31. The van der Waals surface area contributed by atoms with Crippen LogP contribution in [0.4, 0.5) is 4.79 Å². The van der Waals surface area contributed by atoms with Crippen molar-refractivity contribution in [2.45, 2.75) is 6.54 Å². The summed E-state index contributed by atoms with van der Waals surface area (Å²) in [6.07, 6.45) is 2.50. The van der Waals surface area contributed by atoms with Gasteiger partial charge in [0.15, 0.2) is 11.5 Å². The van der Waals surface area contributed by atoms with Gasteiger partial charge in [-0.1, -0.05) is 42.5 Å². The third-order valence-electron chi connectivity index (χ3n) is 4.75. The van der Waals surface area contributed by atoms with Crippen molar-refractivity contribution >= 4 is 49.9 Å². The van der Waals surface area contributed by atoms with Gasteiger partial charge in [0.2, 0.25) is 0 Å². The van der Waals surface area contributed by atoms with Crippen molar-refractivity contribution in [1.82, 2.24) is 4.90 Å². The quantitative estimate of drug-likeness (QED) is 0.390. The maximum Gasteiger partial charge on any atom is 0.306 e. The lowest BCUT2D eigenvalue weighted by Gasteiger charge is -2.13. The number of ether oxygens (including phenoxy) is 1. The molecule has 1 aliphatic rings. The Labute approximate surface area is 189 Å². The SMILES string of the molecule is COc1cc(/C=C2\SC(=O)N(Cc3ccc4ccccc4c3)C2=O)ccc1OS(C)(=O)=O. The van der Waals surface area contributed by atoms with Crippen LogP contribution in [0.2, 0.25) is 0 Å². The van der Waals surface area contributed by atoms with Gasteiger partial charge >= 0.3 is 10.1 Å². The van der Waals surface area contributed by atoms with E-state index in [9.17, 15) is 18.0 Å². The molecule has 0 aromatic heterocycles. The zero-order valence-electron chi connectivity index (χ0n) is 17.3. The van der Waals surface area contributed by atoms with Crippen LogP contribution in [0, 0.1) is 0 Å². The third-order valence-corrected chi connectivity index (χ3v) is 6.14. The molecule has 0 atom stereocenters. The van der Waals surface area contributed by atoms with Gasteiger partial charge in [-0.3, -0.25) is 14.5 Å². The Bertz CT molecular complexity index is 1360. The normalized spacial score (nSPS) is 15.6. The predicted molar refractivity (Wildman–Crippen MR) is 124 cm³/mol. The van der Waals surface area contributed by atoms with E-state index in [-0.39, 0.29) is 34.1 Å². The van der Waals surface area contributed by atoms with Crippen LogP contribution >= 0.6 is 11.8 Å². The smallest absolute Gasteiger partial charge is 0.306 e. The number of hydrogen-bond acceptors (Lipinski definition) is 7. The van der Waals surface area contributed by atoms with Crippen molar-refractivity contribution in [3.8, 4) is 11.5 Å². The lowest BCUT2D eigenvalue weighted by molar-refractivity contribution is -0.123. The molecule has 9 heteroatoms. The first-order valence-electron chi connectivity index (χ1n) is 9.54. The number of imide groups is 1. The maximum absolute atomic E-state index is 12.9. The molecule has 164 valence electrons. The molecule has 3 aromatic rings. The van der Waals surface area contributed by atoms with Gasteiger partial charge in [0.1, 0.15) is 0 Å². The highest BCUT2D eigenvalue weighted by Gasteiger charge is 2.35. The van der Waals surface area contributed by atoms with Gasteiger partial charge in [0.05, 0.1) is 24.8 Å². The summed E-state index contributed by atoms with van der Waals surface area (Å²) in [4.78, 5) is 26.9. The minimum absolute atomic E-state index is 0.0385. The molecule has 1 fully saturated rings. The Balaban J connectivity index is 1.56. The molecule has 0 aliphatic carbocycles. The molecule has 0 radical (unpaired) electrons. The maximum atomic E-state index is 12.9. The Morgan fingerprint density at radius 2 is 1.72 bits per heavy atom. The number of benzene rings is 3. The summed E-state index contributed by atoms with van der Waals surface area (Å²) in [6, 6.07) is 18.3.